The number of hydrogen-bond acceptors (Lipinski definition) is 4. The lowest BCUT2D eigenvalue weighted by molar-refractivity contribution is -0.384. The fraction of sp³-hybridized carbons (Fsp3) is 0.500. The Morgan fingerprint density at radius 3 is 2.67 bits per heavy atom. The van der Waals surface area contributed by atoms with Crippen LogP contribution in [0.5, 0.6) is 0 Å². The van der Waals surface area contributed by atoms with Crippen LogP contribution >= 0.6 is 22.6 Å². The summed E-state index contributed by atoms with van der Waals surface area (Å²) in [5.41, 5.74) is -0.893. The standard InChI is InChI=1S/C14H19IN2O4/c1-9(2)7-14(3,19)8-16-13(18)11-6-10(17(20)21)4-5-12(11)15/h4-6,9,19H,7-8H2,1-3H3,(H,16,18). The number of nitrogens with zero attached hydrogens (tertiary/aromatic N) is 1. The highest BCUT2D eigenvalue weighted by molar-refractivity contribution is 14.1. The van der Waals surface area contributed by atoms with Crippen molar-refractivity contribution in [1.82, 2.24) is 5.32 Å². The van der Waals surface area contributed by atoms with Gasteiger partial charge in [-0.15, -0.1) is 0 Å². The number of rotatable bonds is 6. The predicted molar refractivity (Wildman–Crippen MR) is 88.2 cm³/mol. The van der Waals surface area contributed by atoms with Crippen molar-refractivity contribution in [3.8, 4) is 0 Å². The Morgan fingerprint density at radius 1 is 1.52 bits per heavy atom. The molecule has 1 aromatic rings. The normalized spacial score (nSPS) is 13.8. The van der Waals surface area contributed by atoms with Gasteiger partial charge < -0.3 is 10.4 Å². The van der Waals surface area contributed by atoms with Crippen LogP contribution in [0, 0.1) is 19.6 Å². The fourth-order valence-electron chi connectivity index (χ4n) is 2.12. The summed E-state index contributed by atoms with van der Waals surface area (Å²) < 4.78 is 0.624. The van der Waals surface area contributed by atoms with Crippen molar-refractivity contribution in [1.29, 1.82) is 0 Å². The Hall–Kier alpha value is -1.22. The largest absolute Gasteiger partial charge is 0.388 e. The Balaban J connectivity index is 2.80. The molecule has 0 heterocycles. The van der Waals surface area contributed by atoms with Crippen LogP contribution in [-0.4, -0.2) is 28.1 Å². The van der Waals surface area contributed by atoms with Gasteiger partial charge in [-0.1, -0.05) is 13.8 Å². The molecule has 0 aliphatic heterocycles. The minimum Gasteiger partial charge on any atom is -0.388 e. The summed E-state index contributed by atoms with van der Waals surface area (Å²) >= 11 is 1.95. The molecule has 0 spiro atoms. The lowest BCUT2D eigenvalue weighted by Crippen LogP contribution is -2.41. The van der Waals surface area contributed by atoms with Crippen molar-refractivity contribution in [2.75, 3.05) is 6.54 Å². The van der Waals surface area contributed by atoms with E-state index < -0.39 is 16.4 Å². The number of nitrogens with one attached hydrogen (secondary N) is 1. The molecule has 0 aliphatic rings. The zero-order valence-corrected chi connectivity index (χ0v) is 14.4. The summed E-state index contributed by atoms with van der Waals surface area (Å²) in [6.45, 7) is 5.73. The van der Waals surface area contributed by atoms with Gasteiger partial charge in [0.2, 0.25) is 0 Å². The molecule has 0 bridgehead atoms. The highest BCUT2D eigenvalue weighted by Gasteiger charge is 2.24. The number of halogens is 1. The molecule has 0 radical (unpaired) electrons. The van der Waals surface area contributed by atoms with Gasteiger partial charge in [-0.3, -0.25) is 14.9 Å². The second kappa shape index (κ2) is 7.17. The first-order valence-corrected chi connectivity index (χ1v) is 7.65. The van der Waals surface area contributed by atoms with Crippen molar-refractivity contribution < 1.29 is 14.8 Å². The molecule has 116 valence electrons. The van der Waals surface area contributed by atoms with Crippen molar-refractivity contribution in [3.63, 3.8) is 0 Å². The number of aliphatic hydroxyl groups is 1. The second-order valence-corrected chi connectivity index (χ2v) is 6.86. The fourth-order valence-corrected chi connectivity index (χ4v) is 2.70. The molecular weight excluding hydrogens is 387 g/mol. The van der Waals surface area contributed by atoms with E-state index in [0.29, 0.717) is 15.9 Å². The first-order valence-electron chi connectivity index (χ1n) is 6.57. The number of benzene rings is 1. The van der Waals surface area contributed by atoms with Gasteiger partial charge in [0.1, 0.15) is 0 Å². The number of carbonyl (C=O) groups excluding carboxylic acids is 1. The van der Waals surface area contributed by atoms with Crippen molar-refractivity contribution in [2.45, 2.75) is 32.8 Å². The molecule has 1 unspecified atom stereocenters. The molecule has 0 fully saturated rings. The maximum atomic E-state index is 12.1. The lowest BCUT2D eigenvalue weighted by atomic mass is 9.94. The Bertz CT molecular complexity index is 544. The molecule has 0 saturated carbocycles. The lowest BCUT2D eigenvalue weighted by Gasteiger charge is -2.25. The Labute approximate surface area is 137 Å². The summed E-state index contributed by atoms with van der Waals surface area (Å²) in [7, 11) is 0. The maximum Gasteiger partial charge on any atom is 0.270 e. The van der Waals surface area contributed by atoms with Crippen molar-refractivity contribution in [3.05, 3.63) is 37.4 Å². The van der Waals surface area contributed by atoms with E-state index in [1.807, 2.05) is 36.4 Å². The van der Waals surface area contributed by atoms with E-state index in [1.54, 1.807) is 6.92 Å². The van der Waals surface area contributed by atoms with Gasteiger partial charge >= 0.3 is 0 Å². The monoisotopic (exact) mass is 406 g/mol. The molecule has 1 amide bonds. The summed E-state index contributed by atoms with van der Waals surface area (Å²) in [6.07, 6.45) is 0.555. The van der Waals surface area contributed by atoms with Crippen molar-refractivity contribution >= 4 is 34.2 Å². The van der Waals surface area contributed by atoms with Crippen LogP contribution in [0.25, 0.3) is 0 Å². The van der Waals surface area contributed by atoms with Gasteiger partial charge in [0.05, 0.1) is 16.1 Å². The number of nitro groups is 1. The maximum absolute atomic E-state index is 12.1. The third kappa shape index (κ3) is 5.58. The van der Waals surface area contributed by atoms with E-state index >= 15 is 0 Å². The smallest absolute Gasteiger partial charge is 0.270 e. The van der Waals surface area contributed by atoms with Gasteiger partial charge in [0, 0.05) is 22.2 Å². The summed E-state index contributed by atoms with van der Waals surface area (Å²) in [5, 5.41) is 23.6. The van der Waals surface area contributed by atoms with E-state index in [1.165, 1.54) is 18.2 Å². The number of non-ortho nitro benzene ring substituents is 1. The minimum absolute atomic E-state index is 0.1000. The quantitative estimate of drug-likeness (QED) is 0.432. The van der Waals surface area contributed by atoms with Gasteiger partial charge in [-0.05, 0) is 47.9 Å². The first kappa shape index (κ1) is 17.8. The molecule has 2 N–H and O–H groups in total. The molecule has 7 heteroatoms. The van der Waals surface area contributed by atoms with Crippen LogP contribution < -0.4 is 5.32 Å². The Morgan fingerprint density at radius 2 is 2.14 bits per heavy atom. The number of carbonyl (C=O) groups is 1. The molecule has 21 heavy (non-hydrogen) atoms. The summed E-state index contributed by atoms with van der Waals surface area (Å²) in [4.78, 5) is 22.3. The van der Waals surface area contributed by atoms with Crippen LogP contribution in [0.1, 0.15) is 37.6 Å². The highest BCUT2D eigenvalue weighted by atomic mass is 127. The van der Waals surface area contributed by atoms with Gasteiger partial charge in [0.15, 0.2) is 0 Å². The average Bonchev–Trinajstić information content (AvgIpc) is 2.34. The molecule has 0 aromatic heterocycles. The zero-order valence-electron chi connectivity index (χ0n) is 12.2. The third-order valence-electron chi connectivity index (χ3n) is 2.88. The van der Waals surface area contributed by atoms with Crippen LogP contribution in [-0.2, 0) is 0 Å². The van der Waals surface area contributed by atoms with Gasteiger partial charge in [0.25, 0.3) is 11.6 Å². The molecule has 0 aliphatic carbocycles. The van der Waals surface area contributed by atoms with Crippen LogP contribution in [0.4, 0.5) is 5.69 Å². The summed E-state index contributed by atoms with van der Waals surface area (Å²) in [6, 6.07) is 4.13. The molecule has 6 nitrogen and oxygen atoms in total. The minimum atomic E-state index is -1.00. The number of hydrogen-bond donors (Lipinski definition) is 2. The number of amides is 1. The average molecular weight is 406 g/mol. The van der Waals surface area contributed by atoms with E-state index in [-0.39, 0.29) is 17.8 Å². The molecule has 0 saturated heterocycles. The van der Waals surface area contributed by atoms with Gasteiger partial charge in [-0.2, -0.15) is 0 Å². The Kier molecular flexibility index (Phi) is 6.09. The van der Waals surface area contributed by atoms with Gasteiger partial charge in [-0.25, -0.2) is 0 Å². The molecular formula is C14H19IN2O4. The first-order chi connectivity index (χ1) is 9.62. The van der Waals surface area contributed by atoms with Crippen LogP contribution in [0.3, 0.4) is 0 Å². The summed E-state index contributed by atoms with van der Waals surface area (Å²) in [5.74, 6) is -0.123. The van der Waals surface area contributed by atoms with Crippen LogP contribution in [0.2, 0.25) is 0 Å². The SMILES string of the molecule is CC(C)CC(C)(O)CNC(=O)c1cc([N+](=O)[O-])ccc1I. The van der Waals surface area contributed by atoms with E-state index in [4.69, 9.17) is 0 Å². The highest BCUT2D eigenvalue weighted by Crippen LogP contribution is 2.20. The molecule has 1 rings (SSSR count). The third-order valence-corrected chi connectivity index (χ3v) is 3.82. The number of nitro benzene ring substituents is 1. The second-order valence-electron chi connectivity index (χ2n) is 5.70. The zero-order chi connectivity index (χ0) is 16.2. The van der Waals surface area contributed by atoms with E-state index in [0.717, 1.165) is 0 Å². The van der Waals surface area contributed by atoms with Crippen LogP contribution in [0.15, 0.2) is 18.2 Å². The van der Waals surface area contributed by atoms with Crippen molar-refractivity contribution in [2.24, 2.45) is 5.92 Å². The molecule has 1 atom stereocenters. The molecule has 1 aromatic carbocycles. The van der Waals surface area contributed by atoms with E-state index in [2.05, 4.69) is 5.32 Å². The van der Waals surface area contributed by atoms with E-state index in [9.17, 15) is 20.0 Å². The topological polar surface area (TPSA) is 92.5 Å². The predicted octanol–water partition coefficient (Wildman–Crippen LogP) is 2.73.